The average Bonchev–Trinajstić information content (AvgIpc) is 3.17. The van der Waals surface area contributed by atoms with Gasteiger partial charge < -0.3 is 15.7 Å². The molecule has 2 aromatic carbocycles. The summed E-state index contributed by atoms with van der Waals surface area (Å²) in [5.74, 6) is -4.96. The molecule has 0 spiro atoms. The van der Waals surface area contributed by atoms with Gasteiger partial charge in [0.2, 0.25) is 0 Å². The van der Waals surface area contributed by atoms with E-state index in [0.29, 0.717) is 17.7 Å². The van der Waals surface area contributed by atoms with E-state index >= 15 is 0 Å². The van der Waals surface area contributed by atoms with Crippen LogP contribution in [0.15, 0.2) is 42.5 Å². The van der Waals surface area contributed by atoms with Gasteiger partial charge in [0.1, 0.15) is 5.69 Å². The smallest absolute Gasteiger partial charge is 0.335 e. The summed E-state index contributed by atoms with van der Waals surface area (Å²) in [5, 5.41) is 19.8. The number of carbonyl (C=O) groups is 3. The average molecular weight is 435 g/mol. The van der Waals surface area contributed by atoms with E-state index < -0.39 is 29.4 Å². The first-order valence-electron chi connectivity index (χ1n) is 8.36. The van der Waals surface area contributed by atoms with Gasteiger partial charge in [-0.3, -0.25) is 14.7 Å². The molecule has 0 bridgehead atoms. The third kappa shape index (κ3) is 4.78. The molecule has 3 aromatic rings. The van der Waals surface area contributed by atoms with Crippen LogP contribution in [-0.4, -0.2) is 33.1 Å². The summed E-state index contributed by atoms with van der Waals surface area (Å²) in [6, 6.07) is 8.61. The van der Waals surface area contributed by atoms with Crippen LogP contribution >= 0.6 is 11.6 Å². The van der Waals surface area contributed by atoms with Gasteiger partial charge in [0.05, 0.1) is 16.1 Å². The first kappa shape index (κ1) is 20.9. The zero-order chi connectivity index (χ0) is 21.8. The van der Waals surface area contributed by atoms with Gasteiger partial charge in [-0.25, -0.2) is 13.6 Å². The van der Waals surface area contributed by atoms with Crippen molar-refractivity contribution < 1.29 is 28.3 Å². The van der Waals surface area contributed by atoms with Gasteiger partial charge in [0, 0.05) is 12.6 Å². The van der Waals surface area contributed by atoms with Gasteiger partial charge in [-0.2, -0.15) is 5.10 Å². The molecular formula is C19H13ClF2N4O4. The van der Waals surface area contributed by atoms with Crippen molar-refractivity contribution in [3.8, 4) is 0 Å². The number of hydrogen-bond acceptors (Lipinski definition) is 4. The van der Waals surface area contributed by atoms with E-state index in [1.54, 1.807) is 12.1 Å². The molecule has 0 radical (unpaired) electrons. The number of carboxylic acids is 1. The molecule has 0 aliphatic rings. The van der Waals surface area contributed by atoms with Crippen molar-refractivity contribution in [2.24, 2.45) is 0 Å². The maximum Gasteiger partial charge on any atom is 0.335 e. The highest BCUT2D eigenvalue weighted by Gasteiger charge is 2.17. The van der Waals surface area contributed by atoms with Crippen molar-refractivity contribution >= 4 is 35.2 Å². The molecular weight excluding hydrogens is 422 g/mol. The predicted octanol–water partition coefficient (Wildman–Crippen LogP) is 3.22. The monoisotopic (exact) mass is 434 g/mol. The Morgan fingerprint density at radius 2 is 1.80 bits per heavy atom. The number of aromatic amines is 1. The van der Waals surface area contributed by atoms with Crippen LogP contribution in [0.1, 0.15) is 36.8 Å². The summed E-state index contributed by atoms with van der Waals surface area (Å²) in [6.45, 7) is 0.0606. The standard InChI is InChI=1S/C19H13ClF2N4O4/c20-12-6-14(22)13(21)5-11(12)17(27)24-16-7-15(25-26-16)18(28)23-8-9-2-1-3-10(4-9)19(29)30/h1-7H,8H2,(H,23,28)(H,29,30)(H2,24,25,26,27). The van der Waals surface area contributed by atoms with E-state index in [1.807, 2.05) is 0 Å². The Kier molecular flexibility index (Phi) is 6.07. The topological polar surface area (TPSA) is 124 Å². The highest BCUT2D eigenvalue weighted by Crippen LogP contribution is 2.21. The van der Waals surface area contributed by atoms with Crippen molar-refractivity contribution in [1.82, 2.24) is 15.5 Å². The van der Waals surface area contributed by atoms with E-state index in [9.17, 15) is 23.2 Å². The van der Waals surface area contributed by atoms with E-state index in [4.69, 9.17) is 16.7 Å². The predicted molar refractivity (Wildman–Crippen MR) is 102 cm³/mol. The number of halogens is 3. The van der Waals surface area contributed by atoms with Crippen LogP contribution < -0.4 is 10.6 Å². The van der Waals surface area contributed by atoms with Crippen LogP contribution in [0.2, 0.25) is 5.02 Å². The van der Waals surface area contributed by atoms with Gasteiger partial charge in [0.25, 0.3) is 11.8 Å². The minimum atomic E-state index is -1.24. The van der Waals surface area contributed by atoms with Crippen molar-refractivity contribution in [2.75, 3.05) is 5.32 Å². The fraction of sp³-hybridized carbons (Fsp3) is 0.0526. The molecule has 11 heteroatoms. The fourth-order valence-corrected chi connectivity index (χ4v) is 2.71. The largest absolute Gasteiger partial charge is 0.478 e. The molecule has 0 atom stereocenters. The van der Waals surface area contributed by atoms with E-state index in [1.165, 1.54) is 18.2 Å². The number of carbonyl (C=O) groups excluding carboxylic acids is 2. The summed E-state index contributed by atoms with van der Waals surface area (Å²) in [5.41, 5.74) is 0.368. The number of hydrogen-bond donors (Lipinski definition) is 4. The minimum absolute atomic E-state index is 0.0103. The molecule has 4 N–H and O–H groups in total. The molecule has 8 nitrogen and oxygen atoms in total. The molecule has 2 amide bonds. The van der Waals surface area contributed by atoms with Gasteiger partial charge in [-0.05, 0) is 29.8 Å². The highest BCUT2D eigenvalue weighted by molar-refractivity contribution is 6.34. The summed E-state index contributed by atoms with van der Waals surface area (Å²) in [7, 11) is 0. The van der Waals surface area contributed by atoms with Crippen LogP contribution in [0.3, 0.4) is 0 Å². The van der Waals surface area contributed by atoms with Crippen LogP contribution in [0, 0.1) is 11.6 Å². The number of amides is 2. The van der Waals surface area contributed by atoms with Gasteiger partial charge in [0.15, 0.2) is 17.5 Å². The maximum atomic E-state index is 13.3. The SMILES string of the molecule is O=C(O)c1cccc(CNC(=O)c2cc(NC(=O)c3cc(F)c(F)cc3Cl)n[nH]2)c1. The van der Waals surface area contributed by atoms with Crippen molar-refractivity contribution in [3.63, 3.8) is 0 Å². The highest BCUT2D eigenvalue weighted by atomic mass is 35.5. The first-order valence-corrected chi connectivity index (χ1v) is 8.74. The number of aromatic nitrogens is 2. The van der Waals surface area contributed by atoms with Crippen molar-refractivity contribution in [3.05, 3.63) is 81.5 Å². The second-order valence-corrected chi connectivity index (χ2v) is 6.46. The summed E-state index contributed by atoms with van der Waals surface area (Å²) in [6.07, 6.45) is 0. The van der Waals surface area contributed by atoms with Crippen molar-refractivity contribution in [2.45, 2.75) is 6.54 Å². The van der Waals surface area contributed by atoms with Crippen LogP contribution in [0.5, 0.6) is 0 Å². The number of H-pyrrole nitrogens is 1. The second kappa shape index (κ2) is 8.70. The Labute approximate surface area is 172 Å². The van der Waals surface area contributed by atoms with Crippen LogP contribution in [-0.2, 0) is 6.54 Å². The molecule has 0 saturated carbocycles. The summed E-state index contributed by atoms with van der Waals surface area (Å²) < 4.78 is 26.5. The molecule has 3 rings (SSSR count). The molecule has 1 aromatic heterocycles. The lowest BCUT2D eigenvalue weighted by atomic mass is 10.1. The molecule has 0 fully saturated rings. The van der Waals surface area contributed by atoms with E-state index in [2.05, 4.69) is 20.8 Å². The van der Waals surface area contributed by atoms with Gasteiger partial charge in [-0.1, -0.05) is 23.7 Å². The van der Waals surface area contributed by atoms with Gasteiger partial charge in [-0.15, -0.1) is 0 Å². The maximum absolute atomic E-state index is 13.3. The van der Waals surface area contributed by atoms with Crippen LogP contribution in [0.4, 0.5) is 14.6 Å². The van der Waals surface area contributed by atoms with E-state index in [0.717, 1.165) is 0 Å². The quantitative estimate of drug-likeness (QED) is 0.443. The molecule has 154 valence electrons. The number of carboxylic acid groups (broad SMARTS) is 1. The third-order valence-corrected chi connectivity index (χ3v) is 4.26. The molecule has 0 unspecified atom stereocenters. The normalized spacial score (nSPS) is 10.5. The number of rotatable bonds is 6. The van der Waals surface area contributed by atoms with E-state index in [-0.39, 0.29) is 34.2 Å². The lowest BCUT2D eigenvalue weighted by molar-refractivity contribution is 0.0696. The zero-order valence-electron chi connectivity index (χ0n) is 15.0. The van der Waals surface area contributed by atoms with Crippen LogP contribution in [0.25, 0.3) is 0 Å². The third-order valence-electron chi connectivity index (χ3n) is 3.95. The zero-order valence-corrected chi connectivity index (χ0v) is 15.8. The Bertz CT molecular complexity index is 1150. The Morgan fingerprint density at radius 1 is 1.07 bits per heavy atom. The number of anilines is 1. The number of benzene rings is 2. The molecule has 30 heavy (non-hydrogen) atoms. The van der Waals surface area contributed by atoms with Gasteiger partial charge >= 0.3 is 5.97 Å². The Hall–Kier alpha value is -3.79. The number of nitrogens with zero attached hydrogens (tertiary/aromatic N) is 1. The fourth-order valence-electron chi connectivity index (χ4n) is 2.47. The minimum Gasteiger partial charge on any atom is -0.478 e. The molecule has 0 aliphatic carbocycles. The molecule has 1 heterocycles. The lowest BCUT2D eigenvalue weighted by Crippen LogP contribution is -2.23. The molecule has 0 saturated heterocycles. The van der Waals surface area contributed by atoms with Crippen molar-refractivity contribution in [1.29, 1.82) is 0 Å². The lowest BCUT2D eigenvalue weighted by Gasteiger charge is -2.05. The Morgan fingerprint density at radius 3 is 2.53 bits per heavy atom. The second-order valence-electron chi connectivity index (χ2n) is 6.06. The number of aromatic carboxylic acids is 1. The molecule has 0 aliphatic heterocycles. The summed E-state index contributed by atoms with van der Waals surface area (Å²) >= 11 is 5.75. The number of nitrogens with one attached hydrogen (secondary N) is 3. The Balaban J connectivity index is 1.64. The first-order chi connectivity index (χ1) is 14.2. The summed E-state index contributed by atoms with van der Waals surface area (Å²) in [4.78, 5) is 35.4.